The fraction of sp³-hybridized carbons (Fsp3) is 0.176. The van der Waals surface area contributed by atoms with E-state index in [1.165, 1.54) is 4.90 Å². The first-order chi connectivity index (χ1) is 12.1. The van der Waals surface area contributed by atoms with Gasteiger partial charge in [-0.3, -0.25) is 14.7 Å². The molecule has 3 aromatic rings. The molecule has 0 saturated carbocycles. The number of ether oxygens (including phenoxy) is 1. The number of benzene rings is 1. The highest BCUT2D eigenvalue weighted by Gasteiger charge is 2.23. The largest absolute Gasteiger partial charge is 0.482 e. The third-order valence-corrected chi connectivity index (χ3v) is 4.14. The zero-order chi connectivity index (χ0) is 17.4. The Labute approximate surface area is 142 Å². The van der Waals surface area contributed by atoms with Gasteiger partial charge in [0.15, 0.2) is 12.3 Å². The van der Waals surface area contributed by atoms with Gasteiger partial charge in [0.05, 0.1) is 17.9 Å². The Morgan fingerprint density at radius 2 is 2.28 bits per heavy atom. The standard InChI is InChI=1S/C17H15N5O3/c1-22-13-7-10(4-5-14(13)25-9-15(22)23)17(24)19-8-12-11-3-2-6-18-16(11)21-20-12/h2-7H,8-9H2,1H3,(H,19,24)(H,18,20,21). The van der Waals surface area contributed by atoms with Gasteiger partial charge in [-0.1, -0.05) is 0 Å². The first-order valence-corrected chi connectivity index (χ1v) is 7.73. The number of fused-ring (bicyclic) bond motifs is 2. The molecular formula is C17H15N5O3. The van der Waals surface area contributed by atoms with Crippen LogP contribution < -0.4 is 15.0 Å². The highest BCUT2D eigenvalue weighted by atomic mass is 16.5. The molecule has 2 N–H and O–H groups in total. The van der Waals surface area contributed by atoms with Crippen LogP contribution in [0.15, 0.2) is 36.5 Å². The van der Waals surface area contributed by atoms with Crippen molar-refractivity contribution in [1.29, 1.82) is 0 Å². The van der Waals surface area contributed by atoms with Crippen molar-refractivity contribution in [1.82, 2.24) is 20.5 Å². The minimum atomic E-state index is -0.249. The highest BCUT2D eigenvalue weighted by Crippen LogP contribution is 2.31. The van der Waals surface area contributed by atoms with E-state index >= 15 is 0 Å². The average molecular weight is 337 g/mol. The van der Waals surface area contributed by atoms with Gasteiger partial charge in [-0.2, -0.15) is 5.10 Å². The predicted molar refractivity (Wildman–Crippen MR) is 90.4 cm³/mol. The topological polar surface area (TPSA) is 100 Å². The number of hydrogen-bond donors (Lipinski definition) is 2. The fourth-order valence-electron chi connectivity index (χ4n) is 2.72. The molecule has 25 heavy (non-hydrogen) atoms. The highest BCUT2D eigenvalue weighted by molar-refractivity contribution is 6.01. The van der Waals surface area contributed by atoms with E-state index in [2.05, 4.69) is 20.5 Å². The van der Waals surface area contributed by atoms with Crippen molar-refractivity contribution in [3.63, 3.8) is 0 Å². The maximum absolute atomic E-state index is 12.4. The summed E-state index contributed by atoms with van der Waals surface area (Å²) in [5.41, 5.74) is 2.42. The van der Waals surface area contributed by atoms with Crippen molar-refractivity contribution in [2.45, 2.75) is 6.54 Å². The second kappa shape index (κ2) is 5.90. The summed E-state index contributed by atoms with van der Waals surface area (Å²) in [5.74, 6) is 0.187. The molecule has 8 nitrogen and oxygen atoms in total. The van der Waals surface area contributed by atoms with Gasteiger partial charge < -0.3 is 15.0 Å². The number of carbonyl (C=O) groups is 2. The number of rotatable bonds is 3. The summed E-state index contributed by atoms with van der Waals surface area (Å²) in [4.78, 5) is 29.8. The molecule has 0 saturated heterocycles. The van der Waals surface area contributed by atoms with Crippen LogP contribution in [0.1, 0.15) is 16.1 Å². The van der Waals surface area contributed by atoms with Crippen LogP contribution >= 0.6 is 0 Å². The number of likely N-dealkylation sites (N-methyl/N-ethyl adjacent to an activating group) is 1. The summed E-state index contributed by atoms with van der Waals surface area (Å²) >= 11 is 0. The molecule has 0 spiro atoms. The molecule has 1 aliphatic heterocycles. The van der Waals surface area contributed by atoms with Gasteiger partial charge in [0.1, 0.15) is 5.75 Å². The van der Waals surface area contributed by atoms with Crippen molar-refractivity contribution in [3.8, 4) is 5.75 Å². The molecular weight excluding hydrogens is 322 g/mol. The van der Waals surface area contributed by atoms with E-state index in [9.17, 15) is 9.59 Å². The second-order valence-corrected chi connectivity index (χ2v) is 5.68. The molecule has 1 aromatic carbocycles. The summed E-state index contributed by atoms with van der Waals surface area (Å²) in [6.45, 7) is 0.305. The van der Waals surface area contributed by atoms with E-state index in [0.717, 1.165) is 11.1 Å². The molecule has 0 radical (unpaired) electrons. The Morgan fingerprint density at radius 3 is 3.16 bits per heavy atom. The van der Waals surface area contributed by atoms with Crippen molar-refractivity contribution in [2.75, 3.05) is 18.6 Å². The maximum Gasteiger partial charge on any atom is 0.264 e. The third-order valence-electron chi connectivity index (χ3n) is 4.14. The summed E-state index contributed by atoms with van der Waals surface area (Å²) in [5, 5.41) is 10.7. The van der Waals surface area contributed by atoms with E-state index in [1.54, 1.807) is 31.4 Å². The lowest BCUT2D eigenvalue weighted by atomic mass is 10.1. The summed E-state index contributed by atoms with van der Waals surface area (Å²) in [7, 11) is 1.66. The minimum absolute atomic E-state index is 0.00990. The molecule has 3 heterocycles. The van der Waals surface area contributed by atoms with Crippen LogP contribution in [0.2, 0.25) is 0 Å². The number of H-pyrrole nitrogens is 1. The number of aromatic amines is 1. The molecule has 1 aliphatic rings. The van der Waals surface area contributed by atoms with Crippen LogP contribution in [0.25, 0.3) is 11.0 Å². The number of anilines is 1. The van der Waals surface area contributed by atoms with Crippen molar-refractivity contribution in [2.24, 2.45) is 0 Å². The lowest BCUT2D eigenvalue weighted by molar-refractivity contribution is -0.120. The lowest BCUT2D eigenvalue weighted by Crippen LogP contribution is -2.35. The fourth-order valence-corrected chi connectivity index (χ4v) is 2.72. The van der Waals surface area contributed by atoms with Gasteiger partial charge in [-0.25, -0.2) is 4.98 Å². The van der Waals surface area contributed by atoms with E-state index < -0.39 is 0 Å². The molecule has 0 aliphatic carbocycles. The number of pyridine rings is 1. The Hall–Kier alpha value is -3.42. The van der Waals surface area contributed by atoms with E-state index in [0.29, 0.717) is 29.2 Å². The first kappa shape index (κ1) is 15.1. The van der Waals surface area contributed by atoms with Crippen LogP contribution in [-0.2, 0) is 11.3 Å². The van der Waals surface area contributed by atoms with E-state index in [1.807, 2.05) is 12.1 Å². The van der Waals surface area contributed by atoms with Gasteiger partial charge in [-0.15, -0.1) is 0 Å². The third kappa shape index (κ3) is 2.67. The van der Waals surface area contributed by atoms with Gasteiger partial charge in [0.25, 0.3) is 11.8 Å². The molecule has 0 atom stereocenters. The number of aromatic nitrogens is 3. The quantitative estimate of drug-likeness (QED) is 0.749. The Morgan fingerprint density at radius 1 is 1.40 bits per heavy atom. The van der Waals surface area contributed by atoms with Crippen molar-refractivity contribution >= 4 is 28.5 Å². The van der Waals surface area contributed by atoms with E-state index in [-0.39, 0.29) is 18.4 Å². The molecule has 126 valence electrons. The summed E-state index contributed by atoms with van der Waals surface area (Å²) < 4.78 is 5.36. The first-order valence-electron chi connectivity index (χ1n) is 7.73. The molecule has 2 aromatic heterocycles. The van der Waals surface area contributed by atoms with E-state index in [4.69, 9.17) is 4.74 Å². The predicted octanol–water partition coefficient (Wildman–Crippen LogP) is 1.24. The van der Waals surface area contributed by atoms with Crippen LogP contribution in [0.5, 0.6) is 5.75 Å². The molecule has 8 heteroatoms. The number of nitrogens with zero attached hydrogens (tertiary/aromatic N) is 3. The smallest absolute Gasteiger partial charge is 0.264 e. The average Bonchev–Trinajstić information content (AvgIpc) is 3.06. The van der Waals surface area contributed by atoms with Gasteiger partial charge >= 0.3 is 0 Å². The lowest BCUT2D eigenvalue weighted by Gasteiger charge is -2.26. The Bertz CT molecular complexity index is 981. The number of amides is 2. The monoisotopic (exact) mass is 337 g/mol. The second-order valence-electron chi connectivity index (χ2n) is 5.68. The van der Waals surface area contributed by atoms with Gasteiger partial charge in [0, 0.05) is 24.2 Å². The number of nitrogens with one attached hydrogen (secondary N) is 2. The van der Waals surface area contributed by atoms with Crippen LogP contribution in [0.4, 0.5) is 5.69 Å². The van der Waals surface area contributed by atoms with Crippen molar-refractivity contribution in [3.05, 3.63) is 47.8 Å². The Kier molecular flexibility index (Phi) is 3.57. The normalized spacial score (nSPS) is 13.5. The van der Waals surface area contributed by atoms with Gasteiger partial charge in [0.2, 0.25) is 0 Å². The number of carbonyl (C=O) groups excluding carboxylic acids is 2. The minimum Gasteiger partial charge on any atom is -0.482 e. The van der Waals surface area contributed by atoms with Crippen LogP contribution in [-0.4, -0.2) is 40.7 Å². The Balaban J connectivity index is 1.53. The maximum atomic E-state index is 12.4. The molecule has 0 fully saturated rings. The van der Waals surface area contributed by atoms with Crippen LogP contribution in [0.3, 0.4) is 0 Å². The molecule has 0 bridgehead atoms. The summed E-state index contributed by atoms with van der Waals surface area (Å²) in [6.07, 6.45) is 1.67. The molecule has 4 rings (SSSR count). The summed E-state index contributed by atoms with van der Waals surface area (Å²) in [6, 6.07) is 8.73. The molecule has 2 amide bonds. The zero-order valence-corrected chi connectivity index (χ0v) is 13.4. The zero-order valence-electron chi connectivity index (χ0n) is 13.4. The number of hydrogen-bond acceptors (Lipinski definition) is 5. The van der Waals surface area contributed by atoms with Crippen molar-refractivity contribution < 1.29 is 14.3 Å². The van der Waals surface area contributed by atoms with Gasteiger partial charge in [-0.05, 0) is 30.3 Å². The molecule has 0 unspecified atom stereocenters. The SMILES string of the molecule is CN1C(=O)COc2ccc(C(=O)NCc3[nH]nc4ncccc34)cc21. The van der Waals surface area contributed by atoms with Crippen LogP contribution in [0, 0.1) is 0 Å².